The molecule has 0 bridgehead atoms. The molecule has 154 valence electrons. The van der Waals surface area contributed by atoms with Crippen molar-refractivity contribution in [3.05, 3.63) is 59.7 Å². The maximum atomic E-state index is 13.5. The average Bonchev–Trinajstić information content (AvgIpc) is 2.70. The molecule has 0 atom stereocenters. The molecule has 6 nitrogen and oxygen atoms in total. The fourth-order valence-corrected chi connectivity index (χ4v) is 2.31. The van der Waals surface area contributed by atoms with Crippen LogP contribution in [0.2, 0.25) is 0 Å². The number of hydrogen-bond acceptors (Lipinski definition) is 5. The van der Waals surface area contributed by atoms with Gasteiger partial charge in [-0.2, -0.15) is 0 Å². The van der Waals surface area contributed by atoms with E-state index in [4.69, 9.17) is 14.2 Å². The monoisotopic (exact) mass is 405 g/mol. The van der Waals surface area contributed by atoms with Crippen LogP contribution in [0, 0.1) is 11.6 Å². The minimum Gasteiger partial charge on any atom is -0.490 e. The van der Waals surface area contributed by atoms with Crippen molar-refractivity contribution in [1.82, 2.24) is 0 Å². The summed E-state index contributed by atoms with van der Waals surface area (Å²) in [6.07, 6.45) is 2.61. The van der Waals surface area contributed by atoms with E-state index in [0.29, 0.717) is 30.3 Å². The number of hydrogen-bond donors (Lipinski definition) is 1. The average molecular weight is 405 g/mol. The summed E-state index contributed by atoms with van der Waals surface area (Å²) in [5.74, 6) is -2.38. The minimum atomic E-state index is -0.926. The van der Waals surface area contributed by atoms with Gasteiger partial charge in [0.25, 0.3) is 5.91 Å². The quantitative estimate of drug-likeness (QED) is 0.505. The maximum absolute atomic E-state index is 13.5. The van der Waals surface area contributed by atoms with E-state index in [9.17, 15) is 18.4 Å². The molecule has 8 heteroatoms. The van der Waals surface area contributed by atoms with Crippen LogP contribution in [-0.4, -0.2) is 31.7 Å². The summed E-state index contributed by atoms with van der Waals surface area (Å²) in [7, 11) is 0. The van der Waals surface area contributed by atoms with Crippen LogP contribution in [0.5, 0.6) is 11.5 Å². The molecule has 0 saturated carbocycles. The summed E-state index contributed by atoms with van der Waals surface area (Å²) >= 11 is 0. The van der Waals surface area contributed by atoms with Crippen molar-refractivity contribution in [2.45, 2.75) is 13.8 Å². The third-order valence-corrected chi connectivity index (χ3v) is 3.55. The molecule has 0 spiro atoms. The van der Waals surface area contributed by atoms with Crippen molar-refractivity contribution in [2.75, 3.05) is 25.1 Å². The van der Waals surface area contributed by atoms with Crippen LogP contribution in [-0.2, 0) is 14.3 Å². The van der Waals surface area contributed by atoms with Gasteiger partial charge in [0.1, 0.15) is 17.3 Å². The summed E-state index contributed by atoms with van der Waals surface area (Å²) < 4.78 is 42.7. The zero-order chi connectivity index (χ0) is 21.2. The molecule has 0 heterocycles. The Morgan fingerprint density at radius 3 is 2.31 bits per heavy atom. The summed E-state index contributed by atoms with van der Waals surface area (Å²) in [5, 5.41) is 2.03. The lowest BCUT2D eigenvalue weighted by Gasteiger charge is -2.11. The molecule has 0 fully saturated rings. The summed E-state index contributed by atoms with van der Waals surface area (Å²) in [6.45, 7) is 3.95. The Morgan fingerprint density at radius 2 is 1.66 bits per heavy atom. The van der Waals surface area contributed by atoms with E-state index < -0.39 is 35.8 Å². The molecule has 1 amide bonds. The van der Waals surface area contributed by atoms with Crippen molar-refractivity contribution in [1.29, 1.82) is 0 Å². The van der Waals surface area contributed by atoms with E-state index in [1.807, 2.05) is 19.2 Å². The number of ether oxygens (including phenoxy) is 3. The normalized spacial score (nSPS) is 10.6. The molecule has 0 aliphatic carbocycles. The maximum Gasteiger partial charge on any atom is 0.331 e. The summed E-state index contributed by atoms with van der Waals surface area (Å²) in [6, 6.07) is 8.32. The SMILES string of the molecule is CCOc1ccc(/C=C/C(=O)OCC(=O)Nc2c(F)cccc2F)cc1OCC. The number of halogens is 2. The number of rotatable bonds is 9. The largest absolute Gasteiger partial charge is 0.490 e. The van der Waals surface area contributed by atoms with Crippen LogP contribution in [0.4, 0.5) is 14.5 Å². The summed E-state index contributed by atoms with van der Waals surface area (Å²) in [5.41, 5.74) is 0.0636. The molecule has 2 aromatic rings. The van der Waals surface area contributed by atoms with Crippen LogP contribution < -0.4 is 14.8 Å². The second-order valence-corrected chi connectivity index (χ2v) is 5.66. The van der Waals surface area contributed by atoms with Crippen molar-refractivity contribution in [3.63, 3.8) is 0 Å². The van der Waals surface area contributed by atoms with Crippen molar-refractivity contribution in [2.24, 2.45) is 0 Å². The number of nitrogens with one attached hydrogen (secondary N) is 1. The highest BCUT2D eigenvalue weighted by atomic mass is 19.1. The smallest absolute Gasteiger partial charge is 0.331 e. The highest BCUT2D eigenvalue weighted by Crippen LogP contribution is 2.29. The molecule has 0 radical (unpaired) electrons. The van der Waals surface area contributed by atoms with Crippen molar-refractivity contribution >= 4 is 23.6 Å². The van der Waals surface area contributed by atoms with E-state index in [0.717, 1.165) is 18.2 Å². The molecule has 0 aliphatic heterocycles. The first-order chi connectivity index (χ1) is 13.9. The Morgan fingerprint density at radius 1 is 1.00 bits per heavy atom. The Balaban J connectivity index is 1.92. The van der Waals surface area contributed by atoms with Gasteiger partial charge in [-0.15, -0.1) is 0 Å². The molecule has 0 aliphatic rings. The molecule has 2 rings (SSSR count). The highest BCUT2D eigenvalue weighted by molar-refractivity contribution is 5.94. The second-order valence-electron chi connectivity index (χ2n) is 5.66. The van der Waals surface area contributed by atoms with Gasteiger partial charge in [0, 0.05) is 6.08 Å². The van der Waals surface area contributed by atoms with Crippen LogP contribution in [0.1, 0.15) is 19.4 Å². The first kappa shape index (κ1) is 21.9. The molecular formula is C21H21F2NO5. The number of para-hydroxylation sites is 1. The van der Waals surface area contributed by atoms with Gasteiger partial charge in [0.2, 0.25) is 0 Å². The van der Waals surface area contributed by atoms with Gasteiger partial charge >= 0.3 is 5.97 Å². The van der Waals surface area contributed by atoms with Gasteiger partial charge in [0.05, 0.1) is 13.2 Å². The fourth-order valence-electron chi connectivity index (χ4n) is 2.31. The summed E-state index contributed by atoms with van der Waals surface area (Å²) in [4.78, 5) is 23.5. The van der Waals surface area contributed by atoms with E-state index >= 15 is 0 Å². The van der Waals surface area contributed by atoms with Crippen molar-refractivity contribution in [3.8, 4) is 11.5 Å². The molecule has 0 aromatic heterocycles. The van der Waals surface area contributed by atoms with Gasteiger partial charge in [-0.3, -0.25) is 4.79 Å². The Kier molecular flexibility index (Phi) is 8.14. The van der Waals surface area contributed by atoms with E-state index in [-0.39, 0.29) is 0 Å². The minimum absolute atomic E-state index is 0.451. The van der Waals surface area contributed by atoms with Crippen LogP contribution >= 0.6 is 0 Å². The molecule has 1 N–H and O–H groups in total. The fraction of sp³-hybridized carbons (Fsp3) is 0.238. The van der Waals surface area contributed by atoms with Gasteiger partial charge in [-0.05, 0) is 49.8 Å². The Labute approximate surface area is 167 Å². The lowest BCUT2D eigenvalue weighted by Crippen LogP contribution is -2.21. The van der Waals surface area contributed by atoms with Gasteiger partial charge in [-0.1, -0.05) is 12.1 Å². The highest BCUT2D eigenvalue weighted by Gasteiger charge is 2.13. The lowest BCUT2D eigenvalue weighted by atomic mass is 10.2. The van der Waals surface area contributed by atoms with Crippen molar-refractivity contribution < 1.29 is 32.6 Å². The molecule has 2 aromatic carbocycles. The topological polar surface area (TPSA) is 73.9 Å². The zero-order valence-electron chi connectivity index (χ0n) is 16.0. The second kappa shape index (κ2) is 10.8. The number of carbonyl (C=O) groups is 2. The first-order valence-corrected chi connectivity index (χ1v) is 8.93. The van der Waals surface area contributed by atoms with E-state index in [2.05, 4.69) is 0 Å². The zero-order valence-corrected chi connectivity index (χ0v) is 16.0. The van der Waals surface area contributed by atoms with E-state index in [1.54, 1.807) is 18.2 Å². The number of benzene rings is 2. The van der Waals surface area contributed by atoms with Gasteiger partial charge in [0.15, 0.2) is 18.1 Å². The number of anilines is 1. The number of carbonyl (C=O) groups excluding carboxylic acids is 2. The molecule has 0 saturated heterocycles. The molecular weight excluding hydrogens is 384 g/mol. The standard InChI is InChI=1S/C21H21F2NO5/c1-3-27-17-10-8-14(12-18(17)28-4-2)9-11-20(26)29-13-19(25)24-21-15(22)6-5-7-16(21)23/h5-12H,3-4,13H2,1-2H3,(H,24,25)/b11-9+. The number of esters is 1. The van der Waals surface area contributed by atoms with E-state index in [1.165, 1.54) is 12.1 Å². The third kappa shape index (κ3) is 6.60. The lowest BCUT2D eigenvalue weighted by molar-refractivity contribution is -0.142. The number of amides is 1. The molecule has 0 unspecified atom stereocenters. The van der Waals surface area contributed by atoms with Gasteiger partial charge in [-0.25, -0.2) is 13.6 Å². The Bertz CT molecular complexity index is 878. The van der Waals surface area contributed by atoms with Crippen LogP contribution in [0.3, 0.4) is 0 Å². The van der Waals surface area contributed by atoms with Gasteiger partial charge < -0.3 is 19.5 Å². The first-order valence-electron chi connectivity index (χ1n) is 8.93. The Hall–Kier alpha value is -3.42. The predicted octanol–water partition coefficient (Wildman–Crippen LogP) is 3.96. The van der Waals surface area contributed by atoms with Crippen LogP contribution in [0.25, 0.3) is 6.08 Å². The predicted molar refractivity (Wildman–Crippen MR) is 104 cm³/mol. The van der Waals surface area contributed by atoms with Crippen LogP contribution in [0.15, 0.2) is 42.5 Å². The molecule has 29 heavy (non-hydrogen) atoms. The third-order valence-electron chi connectivity index (χ3n) is 3.55.